The molecule has 3 N–H and O–H groups in total. The van der Waals surface area contributed by atoms with Crippen molar-refractivity contribution in [3.05, 3.63) is 29.8 Å². The Kier molecular flexibility index (Phi) is 10.3. The highest BCUT2D eigenvalue weighted by Gasteiger charge is 1.94. The van der Waals surface area contributed by atoms with E-state index in [1.54, 1.807) is 0 Å². The molecule has 0 aromatic heterocycles. The molecule has 19 heavy (non-hydrogen) atoms. The molecule has 0 radical (unpaired) electrons. The first-order valence-electron chi connectivity index (χ1n) is 6.45. The Labute approximate surface area is 132 Å². The van der Waals surface area contributed by atoms with Crippen LogP contribution in [-0.4, -0.2) is 25.7 Å². The molecular formula is C14H24IN3O. The molecule has 0 aliphatic heterocycles. The number of aliphatic imine (C=N–C) groups is 1. The molecule has 0 saturated heterocycles. The average Bonchev–Trinajstić information content (AvgIpc) is 2.38. The van der Waals surface area contributed by atoms with E-state index >= 15 is 0 Å². The molecule has 0 aliphatic carbocycles. The van der Waals surface area contributed by atoms with Crippen LogP contribution < -0.4 is 15.8 Å². The van der Waals surface area contributed by atoms with Crippen molar-refractivity contribution < 1.29 is 4.74 Å². The first-order valence-corrected chi connectivity index (χ1v) is 6.45. The summed E-state index contributed by atoms with van der Waals surface area (Å²) in [4.78, 5) is 4.15. The summed E-state index contributed by atoms with van der Waals surface area (Å²) in [5.41, 5.74) is 6.91. The van der Waals surface area contributed by atoms with Gasteiger partial charge >= 0.3 is 0 Å². The van der Waals surface area contributed by atoms with Crippen molar-refractivity contribution >= 4 is 29.9 Å². The summed E-state index contributed by atoms with van der Waals surface area (Å²) < 4.78 is 5.60. The van der Waals surface area contributed by atoms with Crippen LogP contribution in [0.3, 0.4) is 0 Å². The fourth-order valence-corrected chi connectivity index (χ4v) is 1.40. The lowest BCUT2D eigenvalue weighted by molar-refractivity contribution is 0.311. The minimum atomic E-state index is 0. The molecule has 0 atom stereocenters. The van der Waals surface area contributed by atoms with E-state index in [0.29, 0.717) is 12.6 Å². The molecule has 0 heterocycles. The molecule has 4 nitrogen and oxygen atoms in total. The number of nitrogens with one attached hydrogen (secondary N) is 1. The Hall–Kier alpha value is -0.980. The zero-order valence-corrected chi connectivity index (χ0v) is 14.0. The third-order valence-corrected chi connectivity index (χ3v) is 2.42. The number of benzene rings is 1. The van der Waals surface area contributed by atoms with E-state index in [1.165, 1.54) is 5.56 Å². The van der Waals surface area contributed by atoms with Crippen LogP contribution in [0, 0.1) is 6.92 Å². The van der Waals surface area contributed by atoms with Crippen molar-refractivity contribution in [3.63, 3.8) is 0 Å². The van der Waals surface area contributed by atoms with E-state index in [0.717, 1.165) is 31.7 Å². The van der Waals surface area contributed by atoms with Gasteiger partial charge in [-0.15, -0.1) is 24.0 Å². The first-order chi connectivity index (χ1) is 8.72. The van der Waals surface area contributed by atoms with Crippen molar-refractivity contribution in [3.8, 4) is 5.75 Å². The molecular weight excluding hydrogens is 353 g/mol. The fraction of sp³-hybridized carbons (Fsp3) is 0.500. The summed E-state index contributed by atoms with van der Waals surface area (Å²) >= 11 is 0. The molecule has 0 amide bonds. The SMILES string of the molecule is CCCN=C(N)NCCCOc1ccc(C)cc1.I. The maximum Gasteiger partial charge on any atom is 0.188 e. The predicted octanol–water partition coefficient (Wildman–Crippen LogP) is 2.70. The van der Waals surface area contributed by atoms with Crippen LogP contribution in [0.5, 0.6) is 5.75 Å². The second-order valence-corrected chi connectivity index (χ2v) is 4.21. The second kappa shape index (κ2) is 10.9. The number of aryl methyl sites for hydroxylation is 1. The Balaban J connectivity index is 0.00000324. The highest BCUT2D eigenvalue weighted by atomic mass is 127. The largest absolute Gasteiger partial charge is 0.494 e. The number of nitrogens with zero attached hydrogens (tertiary/aromatic N) is 1. The number of halogens is 1. The lowest BCUT2D eigenvalue weighted by Crippen LogP contribution is -2.33. The first kappa shape index (κ1) is 18.0. The van der Waals surface area contributed by atoms with E-state index < -0.39 is 0 Å². The van der Waals surface area contributed by atoms with Gasteiger partial charge in [0, 0.05) is 13.1 Å². The Morgan fingerprint density at radius 2 is 2.00 bits per heavy atom. The van der Waals surface area contributed by atoms with Gasteiger partial charge in [0.25, 0.3) is 0 Å². The Morgan fingerprint density at radius 1 is 1.32 bits per heavy atom. The molecule has 0 unspecified atom stereocenters. The number of ether oxygens (including phenoxy) is 1. The topological polar surface area (TPSA) is 59.6 Å². The van der Waals surface area contributed by atoms with Crippen molar-refractivity contribution in [2.75, 3.05) is 19.7 Å². The van der Waals surface area contributed by atoms with E-state index in [-0.39, 0.29) is 24.0 Å². The smallest absolute Gasteiger partial charge is 0.188 e. The molecule has 1 aromatic rings. The second-order valence-electron chi connectivity index (χ2n) is 4.21. The quantitative estimate of drug-likeness (QED) is 0.333. The van der Waals surface area contributed by atoms with Crippen LogP contribution in [0.2, 0.25) is 0 Å². The summed E-state index contributed by atoms with van der Waals surface area (Å²) in [6, 6.07) is 8.06. The zero-order chi connectivity index (χ0) is 13.2. The summed E-state index contributed by atoms with van der Waals surface area (Å²) in [5.74, 6) is 1.43. The van der Waals surface area contributed by atoms with Crippen LogP contribution in [0.15, 0.2) is 29.3 Å². The van der Waals surface area contributed by atoms with Gasteiger partial charge in [0.15, 0.2) is 5.96 Å². The minimum absolute atomic E-state index is 0. The van der Waals surface area contributed by atoms with Crippen LogP contribution >= 0.6 is 24.0 Å². The molecule has 0 spiro atoms. The number of hydrogen-bond acceptors (Lipinski definition) is 2. The maximum absolute atomic E-state index is 5.67. The van der Waals surface area contributed by atoms with Gasteiger partial charge in [0.05, 0.1) is 6.61 Å². The molecule has 0 bridgehead atoms. The van der Waals surface area contributed by atoms with Crippen LogP contribution in [0.25, 0.3) is 0 Å². The normalized spacial score (nSPS) is 10.7. The van der Waals surface area contributed by atoms with Crippen molar-refractivity contribution in [1.82, 2.24) is 5.32 Å². The van der Waals surface area contributed by atoms with Gasteiger partial charge in [-0.1, -0.05) is 24.6 Å². The Bertz CT molecular complexity index is 365. The maximum atomic E-state index is 5.67. The molecule has 0 fully saturated rings. The van der Waals surface area contributed by atoms with E-state index in [9.17, 15) is 0 Å². The Morgan fingerprint density at radius 3 is 2.63 bits per heavy atom. The van der Waals surface area contributed by atoms with Gasteiger partial charge in [-0.25, -0.2) is 0 Å². The summed E-state index contributed by atoms with van der Waals surface area (Å²) in [6.45, 7) is 6.37. The highest BCUT2D eigenvalue weighted by Crippen LogP contribution is 2.11. The van der Waals surface area contributed by atoms with Gasteiger partial charge in [-0.2, -0.15) is 0 Å². The lowest BCUT2D eigenvalue weighted by Gasteiger charge is -2.07. The van der Waals surface area contributed by atoms with Crippen LogP contribution in [0.1, 0.15) is 25.3 Å². The third-order valence-electron chi connectivity index (χ3n) is 2.42. The fourth-order valence-electron chi connectivity index (χ4n) is 1.40. The summed E-state index contributed by atoms with van der Waals surface area (Å²) in [5, 5.41) is 3.06. The number of rotatable bonds is 7. The summed E-state index contributed by atoms with van der Waals surface area (Å²) in [7, 11) is 0. The van der Waals surface area contributed by atoms with E-state index in [1.807, 2.05) is 24.3 Å². The third kappa shape index (κ3) is 8.69. The lowest BCUT2D eigenvalue weighted by atomic mass is 10.2. The number of hydrogen-bond donors (Lipinski definition) is 2. The van der Waals surface area contributed by atoms with Gasteiger partial charge in [0.2, 0.25) is 0 Å². The molecule has 1 aromatic carbocycles. The highest BCUT2D eigenvalue weighted by molar-refractivity contribution is 14.0. The minimum Gasteiger partial charge on any atom is -0.494 e. The van der Waals surface area contributed by atoms with Crippen molar-refractivity contribution in [1.29, 1.82) is 0 Å². The van der Waals surface area contributed by atoms with Gasteiger partial charge in [-0.3, -0.25) is 4.99 Å². The monoisotopic (exact) mass is 377 g/mol. The van der Waals surface area contributed by atoms with Gasteiger partial charge in [-0.05, 0) is 31.9 Å². The van der Waals surface area contributed by atoms with Gasteiger partial charge < -0.3 is 15.8 Å². The van der Waals surface area contributed by atoms with Crippen molar-refractivity contribution in [2.45, 2.75) is 26.7 Å². The predicted molar refractivity (Wildman–Crippen MR) is 91.5 cm³/mol. The zero-order valence-electron chi connectivity index (χ0n) is 11.7. The molecule has 1 rings (SSSR count). The van der Waals surface area contributed by atoms with E-state index in [4.69, 9.17) is 10.5 Å². The number of guanidine groups is 1. The van der Waals surface area contributed by atoms with Gasteiger partial charge in [0.1, 0.15) is 5.75 Å². The van der Waals surface area contributed by atoms with Crippen molar-refractivity contribution in [2.24, 2.45) is 10.7 Å². The molecule has 5 heteroatoms. The molecule has 0 saturated carbocycles. The summed E-state index contributed by atoms with van der Waals surface area (Å²) in [6.07, 6.45) is 1.91. The molecule has 108 valence electrons. The molecule has 0 aliphatic rings. The standard InChI is InChI=1S/C14H23N3O.HI/c1-3-9-16-14(15)17-10-4-11-18-13-7-5-12(2)6-8-13;/h5-8H,3-4,9-11H2,1-2H3,(H3,15,16,17);1H. The number of nitrogens with two attached hydrogens (primary N) is 1. The average molecular weight is 377 g/mol. The van der Waals surface area contributed by atoms with Crippen LogP contribution in [0.4, 0.5) is 0 Å². The van der Waals surface area contributed by atoms with Crippen LogP contribution in [-0.2, 0) is 0 Å². The van der Waals surface area contributed by atoms with E-state index in [2.05, 4.69) is 24.2 Å².